The lowest BCUT2D eigenvalue weighted by Gasteiger charge is -2.03. The molecule has 0 saturated heterocycles. The van der Waals surface area contributed by atoms with Gasteiger partial charge in [0.1, 0.15) is 0 Å². The van der Waals surface area contributed by atoms with Gasteiger partial charge >= 0.3 is 0 Å². The van der Waals surface area contributed by atoms with Crippen molar-refractivity contribution in [3.05, 3.63) is 56.5 Å². The fourth-order valence-electron chi connectivity index (χ4n) is 1.30. The average molecular weight is 242 g/mol. The molecule has 86 valence electrons. The molecule has 0 atom stereocenters. The molecule has 1 aromatic rings. The van der Waals surface area contributed by atoms with Crippen LogP contribution >= 0.6 is 11.6 Å². The van der Waals surface area contributed by atoms with Crippen LogP contribution in [0, 0.1) is 10.1 Å². The van der Waals surface area contributed by atoms with Gasteiger partial charge < -0.3 is 11.5 Å². The molecule has 5 nitrogen and oxygen atoms in total. The topological polar surface area (TPSA) is 95.2 Å². The molecule has 16 heavy (non-hydrogen) atoms. The van der Waals surface area contributed by atoms with Crippen molar-refractivity contribution < 1.29 is 4.92 Å². The van der Waals surface area contributed by atoms with E-state index in [2.05, 4.69) is 0 Å². The molecule has 0 saturated carbocycles. The molecule has 0 spiro atoms. The van der Waals surface area contributed by atoms with Crippen LogP contribution in [0.2, 0.25) is 5.02 Å². The van der Waals surface area contributed by atoms with E-state index in [-0.39, 0.29) is 17.9 Å². The fraction of sp³-hybridized carbons (Fsp3) is 0.200. The van der Waals surface area contributed by atoms with Crippen molar-refractivity contribution in [3.8, 4) is 0 Å². The Morgan fingerprint density at radius 3 is 2.50 bits per heavy atom. The van der Waals surface area contributed by atoms with E-state index in [0.29, 0.717) is 11.4 Å². The van der Waals surface area contributed by atoms with Crippen LogP contribution in [0.4, 0.5) is 0 Å². The molecular formula is C10H12ClN3O2. The third-order valence-electron chi connectivity index (χ3n) is 2.14. The minimum atomic E-state index is -0.563. The molecule has 0 bridgehead atoms. The summed E-state index contributed by atoms with van der Waals surface area (Å²) < 4.78 is 0. The molecule has 0 unspecified atom stereocenters. The molecule has 4 N–H and O–H groups in total. The zero-order valence-electron chi connectivity index (χ0n) is 8.52. The first kappa shape index (κ1) is 12.3. The standard InChI is InChI=1S/C10H12ClN3O2/c11-8-4-2-1-3-7(8)5-6-9(10(12)13)14(15)16/h1-4H,5-6,12-13H2. The third kappa shape index (κ3) is 3.13. The molecule has 0 aliphatic heterocycles. The van der Waals surface area contributed by atoms with Gasteiger partial charge in [0.05, 0.1) is 4.92 Å². The lowest BCUT2D eigenvalue weighted by molar-refractivity contribution is -0.429. The van der Waals surface area contributed by atoms with Gasteiger partial charge in [0.25, 0.3) is 5.70 Å². The second-order valence-electron chi connectivity index (χ2n) is 3.25. The van der Waals surface area contributed by atoms with Crippen molar-refractivity contribution in [2.24, 2.45) is 11.5 Å². The van der Waals surface area contributed by atoms with Gasteiger partial charge in [-0.2, -0.15) is 0 Å². The van der Waals surface area contributed by atoms with Crippen LogP contribution in [0.25, 0.3) is 0 Å². The Bertz CT molecular complexity index is 428. The van der Waals surface area contributed by atoms with E-state index in [1.807, 2.05) is 12.1 Å². The van der Waals surface area contributed by atoms with Crippen LogP contribution in [-0.2, 0) is 6.42 Å². The Morgan fingerprint density at radius 1 is 1.38 bits per heavy atom. The number of rotatable bonds is 4. The van der Waals surface area contributed by atoms with E-state index < -0.39 is 4.92 Å². The minimum absolute atomic E-state index is 0.166. The van der Waals surface area contributed by atoms with Gasteiger partial charge in [-0.3, -0.25) is 10.1 Å². The van der Waals surface area contributed by atoms with E-state index in [0.717, 1.165) is 5.56 Å². The lowest BCUT2D eigenvalue weighted by atomic mass is 10.1. The minimum Gasteiger partial charge on any atom is -0.380 e. The van der Waals surface area contributed by atoms with Crippen LogP contribution < -0.4 is 11.5 Å². The zero-order chi connectivity index (χ0) is 12.1. The van der Waals surface area contributed by atoms with Crippen molar-refractivity contribution >= 4 is 11.6 Å². The third-order valence-corrected chi connectivity index (χ3v) is 2.51. The Kier molecular flexibility index (Phi) is 4.13. The van der Waals surface area contributed by atoms with E-state index in [9.17, 15) is 10.1 Å². The fourth-order valence-corrected chi connectivity index (χ4v) is 1.53. The summed E-state index contributed by atoms with van der Waals surface area (Å²) in [4.78, 5) is 10.0. The summed E-state index contributed by atoms with van der Waals surface area (Å²) in [5.41, 5.74) is 11.1. The van der Waals surface area contributed by atoms with Gasteiger partial charge in [-0.1, -0.05) is 29.8 Å². The molecular weight excluding hydrogens is 230 g/mol. The van der Waals surface area contributed by atoms with Gasteiger partial charge in [-0.15, -0.1) is 0 Å². The number of nitrogens with two attached hydrogens (primary N) is 2. The zero-order valence-corrected chi connectivity index (χ0v) is 9.28. The summed E-state index contributed by atoms with van der Waals surface area (Å²) >= 11 is 5.92. The summed E-state index contributed by atoms with van der Waals surface area (Å²) in [5.74, 6) is -0.253. The molecule has 0 aromatic heterocycles. The lowest BCUT2D eigenvalue weighted by Crippen LogP contribution is -2.17. The van der Waals surface area contributed by atoms with E-state index in [1.165, 1.54) is 0 Å². The highest BCUT2D eigenvalue weighted by molar-refractivity contribution is 6.31. The van der Waals surface area contributed by atoms with Crippen molar-refractivity contribution in [2.45, 2.75) is 12.8 Å². The second kappa shape index (κ2) is 5.37. The number of nitro groups is 1. The molecule has 6 heteroatoms. The molecule has 0 aliphatic rings. The number of benzene rings is 1. The monoisotopic (exact) mass is 241 g/mol. The van der Waals surface area contributed by atoms with Crippen molar-refractivity contribution in [2.75, 3.05) is 0 Å². The SMILES string of the molecule is NC(N)=C(CCc1ccccc1Cl)[N+](=O)[O-]. The van der Waals surface area contributed by atoms with Crippen molar-refractivity contribution in [1.82, 2.24) is 0 Å². The largest absolute Gasteiger partial charge is 0.380 e. The quantitative estimate of drug-likeness (QED) is 0.619. The first-order valence-electron chi connectivity index (χ1n) is 4.64. The van der Waals surface area contributed by atoms with Crippen LogP contribution in [0.5, 0.6) is 0 Å². The van der Waals surface area contributed by atoms with Crippen LogP contribution in [-0.4, -0.2) is 4.92 Å². The normalized spacial score (nSPS) is 9.81. The maximum Gasteiger partial charge on any atom is 0.285 e. The molecule has 0 amide bonds. The average Bonchev–Trinajstić information content (AvgIpc) is 2.20. The Hall–Kier alpha value is -1.75. The molecule has 1 aromatic carbocycles. The number of aryl methyl sites for hydroxylation is 1. The smallest absolute Gasteiger partial charge is 0.285 e. The Morgan fingerprint density at radius 2 is 2.00 bits per heavy atom. The number of halogens is 1. The molecule has 0 heterocycles. The van der Waals surface area contributed by atoms with E-state index in [4.69, 9.17) is 23.1 Å². The van der Waals surface area contributed by atoms with E-state index >= 15 is 0 Å². The Labute approximate surface area is 97.8 Å². The van der Waals surface area contributed by atoms with Crippen LogP contribution in [0.3, 0.4) is 0 Å². The Balaban J connectivity index is 2.75. The molecule has 0 radical (unpaired) electrons. The second-order valence-corrected chi connectivity index (χ2v) is 3.66. The first-order valence-corrected chi connectivity index (χ1v) is 5.02. The maximum absolute atomic E-state index is 10.6. The number of hydrogen-bond donors (Lipinski definition) is 2. The van der Waals surface area contributed by atoms with Crippen molar-refractivity contribution in [3.63, 3.8) is 0 Å². The maximum atomic E-state index is 10.6. The highest BCUT2D eigenvalue weighted by Crippen LogP contribution is 2.18. The predicted octanol–water partition coefficient (Wildman–Crippen LogP) is 1.64. The molecule has 1 rings (SSSR count). The molecule has 0 fully saturated rings. The van der Waals surface area contributed by atoms with Crippen LogP contribution in [0.15, 0.2) is 35.8 Å². The highest BCUT2D eigenvalue weighted by Gasteiger charge is 2.15. The van der Waals surface area contributed by atoms with E-state index in [1.54, 1.807) is 12.1 Å². The summed E-state index contributed by atoms with van der Waals surface area (Å²) in [6, 6.07) is 7.17. The van der Waals surface area contributed by atoms with Crippen molar-refractivity contribution in [1.29, 1.82) is 0 Å². The van der Waals surface area contributed by atoms with Gasteiger partial charge in [-0.25, -0.2) is 0 Å². The van der Waals surface area contributed by atoms with Gasteiger partial charge in [0.2, 0.25) is 0 Å². The summed E-state index contributed by atoms with van der Waals surface area (Å²) in [6.07, 6.45) is 0.604. The molecule has 0 aliphatic carbocycles. The number of hydrogen-bond acceptors (Lipinski definition) is 4. The summed E-state index contributed by atoms with van der Waals surface area (Å²) in [7, 11) is 0. The van der Waals surface area contributed by atoms with Crippen LogP contribution in [0.1, 0.15) is 12.0 Å². The van der Waals surface area contributed by atoms with Gasteiger partial charge in [-0.05, 0) is 18.1 Å². The first-order chi connectivity index (χ1) is 7.52. The van der Waals surface area contributed by atoms with Gasteiger partial charge in [0, 0.05) is 11.4 Å². The highest BCUT2D eigenvalue weighted by atomic mass is 35.5. The van der Waals surface area contributed by atoms with Gasteiger partial charge in [0.15, 0.2) is 5.82 Å². The number of allylic oxidation sites excluding steroid dienone is 1. The number of nitrogens with zero attached hydrogens (tertiary/aromatic N) is 1. The summed E-state index contributed by atoms with van der Waals surface area (Å²) in [5, 5.41) is 11.2. The predicted molar refractivity (Wildman–Crippen MR) is 62.2 cm³/mol. The summed E-state index contributed by atoms with van der Waals surface area (Å²) in [6.45, 7) is 0.